The SMILES string of the molecule is C=CCOC(=O)[C@@H]1CC[C@@H](N(OCc2ccccc2)C(=O)Cl)CN1. The highest BCUT2D eigenvalue weighted by Gasteiger charge is 2.32. The van der Waals surface area contributed by atoms with Crippen LogP contribution in [0.2, 0.25) is 0 Å². The van der Waals surface area contributed by atoms with Crippen LogP contribution in [0.5, 0.6) is 0 Å². The number of halogens is 1. The monoisotopic (exact) mass is 352 g/mol. The fraction of sp³-hybridized carbons (Fsp3) is 0.412. The van der Waals surface area contributed by atoms with Gasteiger partial charge in [-0.1, -0.05) is 43.0 Å². The Morgan fingerprint density at radius 3 is 2.67 bits per heavy atom. The molecule has 1 aliphatic rings. The van der Waals surface area contributed by atoms with Crippen molar-refractivity contribution in [1.29, 1.82) is 0 Å². The number of ether oxygens (including phenoxy) is 1. The number of esters is 1. The van der Waals surface area contributed by atoms with Crippen LogP contribution >= 0.6 is 11.6 Å². The molecule has 1 saturated heterocycles. The van der Waals surface area contributed by atoms with Gasteiger partial charge in [-0.25, -0.2) is 5.06 Å². The molecule has 6 nitrogen and oxygen atoms in total. The molecule has 130 valence electrons. The molecule has 1 aliphatic heterocycles. The topological polar surface area (TPSA) is 67.9 Å². The first-order chi connectivity index (χ1) is 11.6. The van der Waals surface area contributed by atoms with E-state index in [2.05, 4.69) is 11.9 Å². The maximum Gasteiger partial charge on any atom is 0.340 e. The highest BCUT2D eigenvalue weighted by molar-refractivity contribution is 6.62. The third-order valence-electron chi connectivity index (χ3n) is 3.73. The summed E-state index contributed by atoms with van der Waals surface area (Å²) in [6, 6.07) is 8.89. The summed E-state index contributed by atoms with van der Waals surface area (Å²) in [7, 11) is 0. The lowest BCUT2D eigenvalue weighted by atomic mass is 10.0. The number of carbonyl (C=O) groups excluding carboxylic acids is 2. The summed E-state index contributed by atoms with van der Waals surface area (Å²) in [5, 5.41) is 3.57. The minimum atomic E-state index is -0.676. The average Bonchev–Trinajstić information content (AvgIpc) is 2.61. The van der Waals surface area contributed by atoms with Crippen molar-refractivity contribution in [3.05, 3.63) is 48.6 Å². The number of hydroxylamine groups is 2. The van der Waals surface area contributed by atoms with E-state index in [1.807, 2.05) is 30.3 Å². The van der Waals surface area contributed by atoms with Crippen LogP contribution in [0.4, 0.5) is 4.79 Å². The van der Waals surface area contributed by atoms with E-state index in [1.165, 1.54) is 11.1 Å². The number of carbonyl (C=O) groups is 2. The highest BCUT2D eigenvalue weighted by atomic mass is 35.5. The normalized spacial score (nSPS) is 20.2. The number of hydrogen-bond acceptors (Lipinski definition) is 5. The van der Waals surface area contributed by atoms with Crippen LogP contribution in [0, 0.1) is 0 Å². The lowest BCUT2D eigenvalue weighted by Gasteiger charge is -2.34. The molecule has 1 aromatic carbocycles. The van der Waals surface area contributed by atoms with Crippen molar-refractivity contribution in [3.8, 4) is 0 Å². The molecule has 1 fully saturated rings. The molecule has 24 heavy (non-hydrogen) atoms. The average molecular weight is 353 g/mol. The van der Waals surface area contributed by atoms with Crippen LogP contribution in [-0.4, -0.2) is 41.6 Å². The maximum atomic E-state index is 11.8. The number of benzene rings is 1. The second kappa shape index (κ2) is 9.42. The quantitative estimate of drug-likeness (QED) is 0.268. The molecular weight excluding hydrogens is 332 g/mol. The number of nitrogens with one attached hydrogen (secondary N) is 1. The summed E-state index contributed by atoms with van der Waals surface area (Å²) in [5.74, 6) is -0.317. The van der Waals surface area contributed by atoms with Crippen molar-refractivity contribution in [1.82, 2.24) is 10.4 Å². The maximum absolute atomic E-state index is 11.8. The van der Waals surface area contributed by atoms with Gasteiger partial charge in [-0.2, -0.15) is 0 Å². The number of rotatable bonds is 7. The van der Waals surface area contributed by atoms with E-state index in [-0.39, 0.29) is 31.3 Å². The van der Waals surface area contributed by atoms with Gasteiger partial charge in [-0.05, 0) is 30.0 Å². The van der Waals surface area contributed by atoms with Crippen molar-refractivity contribution < 1.29 is 19.2 Å². The van der Waals surface area contributed by atoms with Crippen molar-refractivity contribution in [2.24, 2.45) is 0 Å². The van der Waals surface area contributed by atoms with Gasteiger partial charge < -0.3 is 10.1 Å². The molecule has 0 saturated carbocycles. The fourth-order valence-electron chi connectivity index (χ4n) is 2.50. The Labute approximate surface area is 146 Å². The largest absolute Gasteiger partial charge is 0.460 e. The molecule has 1 amide bonds. The smallest absolute Gasteiger partial charge is 0.340 e. The van der Waals surface area contributed by atoms with Crippen LogP contribution in [0.1, 0.15) is 18.4 Å². The Kier molecular flexibility index (Phi) is 7.24. The van der Waals surface area contributed by atoms with Crippen LogP contribution < -0.4 is 5.32 Å². The Hall–Kier alpha value is -1.89. The second-order valence-electron chi connectivity index (χ2n) is 5.45. The number of piperidine rings is 1. The van der Waals surface area contributed by atoms with Gasteiger partial charge in [0, 0.05) is 6.54 Å². The highest BCUT2D eigenvalue weighted by Crippen LogP contribution is 2.18. The van der Waals surface area contributed by atoms with Gasteiger partial charge >= 0.3 is 11.3 Å². The summed E-state index contributed by atoms with van der Waals surface area (Å²) >= 11 is 5.64. The Morgan fingerprint density at radius 1 is 1.33 bits per heavy atom. The van der Waals surface area contributed by atoms with Gasteiger partial charge in [-0.15, -0.1) is 0 Å². The molecule has 7 heteroatoms. The van der Waals surface area contributed by atoms with Gasteiger partial charge in [0.2, 0.25) is 0 Å². The van der Waals surface area contributed by atoms with Crippen LogP contribution in [0.25, 0.3) is 0 Å². The van der Waals surface area contributed by atoms with Crippen molar-refractivity contribution >= 4 is 22.9 Å². The summed E-state index contributed by atoms with van der Waals surface area (Å²) in [5.41, 5.74) is 0.940. The molecular formula is C17H21ClN2O4. The van der Waals surface area contributed by atoms with Gasteiger partial charge in [0.25, 0.3) is 0 Å². The molecule has 1 aromatic rings. The summed E-state index contributed by atoms with van der Waals surface area (Å²) in [4.78, 5) is 29.0. The molecule has 1 N–H and O–H groups in total. The standard InChI is InChI=1S/C17H21ClN2O4/c1-2-10-23-16(21)15-9-8-14(11-19-15)20(17(18)22)24-12-13-6-4-3-5-7-13/h2-7,14-15,19H,1,8-12H2/t14-,15+/m1/s1. The molecule has 0 unspecified atom stereocenters. The predicted molar refractivity (Wildman–Crippen MR) is 90.3 cm³/mol. The molecule has 2 atom stereocenters. The zero-order valence-corrected chi connectivity index (χ0v) is 14.1. The first-order valence-electron chi connectivity index (χ1n) is 7.78. The molecule has 2 rings (SSSR count). The first-order valence-corrected chi connectivity index (χ1v) is 8.16. The van der Waals surface area contributed by atoms with Gasteiger partial charge in [0.1, 0.15) is 19.3 Å². The summed E-state index contributed by atoms with van der Waals surface area (Å²) in [6.07, 6.45) is 2.65. The van der Waals surface area contributed by atoms with E-state index in [4.69, 9.17) is 21.2 Å². The molecule has 0 spiro atoms. The molecule has 0 aliphatic carbocycles. The lowest BCUT2D eigenvalue weighted by molar-refractivity contribution is -0.157. The van der Waals surface area contributed by atoms with Crippen molar-refractivity contribution in [3.63, 3.8) is 0 Å². The van der Waals surface area contributed by atoms with E-state index in [9.17, 15) is 9.59 Å². The van der Waals surface area contributed by atoms with E-state index >= 15 is 0 Å². The van der Waals surface area contributed by atoms with Gasteiger partial charge in [0.15, 0.2) is 0 Å². The summed E-state index contributed by atoms with van der Waals surface area (Å²) < 4.78 is 5.02. The minimum absolute atomic E-state index is 0.187. The zero-order chi connectivity index (χ0) is 17.4. The van der Waals surface area contributed by atoms with Crippen LogP contribution in [0.3, 0.4) is 0 Å². The lowest BCUT2D eigenvalue weighted by Crippen LogP contribution is -2.53. The number of nitrogens with zero attached hydrogens (tertiary/aromatic N) is 1. The summed E-state index contributed by atoms with van der Waals surface area (Å²) in [6.45, 7) is 4.35. The fourth-order valence-corrected chi connectivity index (χ4v) is 2.69. The van der Waals surface area contributed by atoms with E-state index < -0.39 is 5.37 Å². The third kappa shape index (κ3) is 5.33. The van der Waals surface area contributed by atoms with Gasteiger partial charge in [0.05, 0.1) is 6.04 Å². The number of amides is 1. The molecule has 0 radical (unpaired) electrons. The van der Waals surface area contributed by atoms with E-state index in [0.29, 0.717) is 19.4 Å². The third-order valence-corrected chi connectivity index (χ3v) is 3.90. The Balaban J connectivity index is 1.85. The first kappa shape index (κ1) is 18.4. The molecule has 1 heterocycles. The Morgan fingerprint density at radius 2 is 2.08 bits per heavy atom. The van der Waals surface area contributed by atoms with E-state index in [1.54, 1.807) is 0 Å². The number of hydrogen-bond donors (Lipinski definition) is 1. The van der Waals surface area contributed by atoms with Crippen LogP contribution in [0.15, 0.2) is 43.0 Å². The second-order valence-corrected chi connectivity index (χ2v) is 5.77. The van der Waals surface area contributed by atoms with Crippen LogP contribution in [-0.2, 0) is 21.0 Å². The Bertz CT molecular complexity index is 559. The predicted octanol–water partition coefficient (Wildman–Crippen LogP) is 2.63. The van der Waals surface area contributed by atoms with Crippen molar-refractivity contribution in [2.45, 2.75) is 31.5 Å². The van der Waals surface area contributed by atoms with Gasteiger partial charge in [-0.3, -0.25) is 14.4 Å². The molecule has 0 aromatic heterocycles. The minimum Gasteiger partial charge on any atom is -0.460 e. The molecule has 0 bridgehead atoms. The van der Waals surface area contributed by atoms with E-state index in [0.717, 1.165) is 5.56 Å². The zero-order valence-electron chi connectivity index (χ0n) is 13.3. The van der Waals surface area contributed by atoms with Crippen molar-refractivity contribution in [2.75, 3.05) is 13.2 Å².